The predicted octanol–water partition coefficient (Wildman–Crippen LogP) is 1.79. The van der Waals surface area contributed by atoms with Crippen LogP contribution < -0.4 is 15.8 Å². The maximum atomic E-state index is 12.1. The predicted molar refractivity (Wildman–Crippen MR) is 81.8 cm³/mol. The summed E-state index contributed by atoms with van der Waals surface area (Å²) in [5, 5.41) is 3.23. The molecule has 19 heavy (non-hydrogen) atoms. The zero-order valence-electron chi connectivity index (χ0n) is 10.8. The summed E-state index contributed by atoms with van der Waals surface area (Å²) in [6, 6.07) is 2.85. The summed E-state index contributed by atoms with van der Waals surface area (Å²) < 4.78 is 26.6. The molecule has 4 N–H and O–H groups in total. The number of nitrogens with one attached hydrogen (secondary N) is 2. The van der Waals surface area contributed by atoms with Gasteiger partial charge in [-0.3, -0.25) is 4.72 Å². The molecule has 5 nitrogen and oxygen atoms in total. The van der Waals surface area contributed by atoms with Crippen molar-refractivity contribution >= 4 is 44.6 Å². The standard InChI is InChI=1S/C11H16ClN3O2S2/c1-6(2)14-11(18)15-19(16,17)10-4-7(3)8(12)5-9(10)13/h4-6H,13H2,1-3H3,(H2,14,15,18). The highest BCUT2D eigenvalue weighted by molar-refractivity contribution is 7.92. The second-order valence-corrected chi connectivity index (χ2v) is 6.84. The van der Waals surface area contributed by atoms with Crippen LogP contribution in [0.5, 0.6) is 0 Å². The van der Waals surface area contributed by atoms with Crippen molar-refractivity contribution in [3.63, 3.8) is 0 Å². The highest BCUT2D eigenvalue weighted by Crippen LogP contribution is 2.25. The van der Waals surface area contributed by atoms with E-state index in [1.807, 2.05) is 13.8 Å². The lowest BCUT2D eigenvalue weighted by molar-refractivity contribution is 0.591. The maximum Gasteiger partial charge on any atom is 0.265 e. The molecule has 8 heteroatoms. The highest BCUT2D eigenvalue weighted by Gasteiger charge is 2.20. The Morgan fingerprint density at radius 3 is 2.53 bits per heavy atom. The Morgan fingerprint density at radius 2 is 2.00 bits per heavy atom. The Balaban J connectivity index is 3.08. The van der Waals surface area contributed by atoms with Crippen LogP contribution in [0.25, 0.3) is 0 Å². The van der Waals surface area contributed by atoms with Crippen LogP contribution in [0.15, 0.2) is 17.0 Å². The topological polar surface area (TPSA) is 84.2 Å². The molecule has 0 aliphatic carbocycles. The van der Waals surface area contributed by atoms with Crippen molar-refractivity contribution in [2.75, 3.05) is 5.73 Å². The van der Waals surface area contributed by atoms with Crippen LogP contribution in [0, 0.1) is 6.92 Å². The fourth-order valence-electron chi connectivity index (χ4n) is 1.37. The van der Waals surface area contributed by atoms with Gasteiger partial charge >= 0.3 is 0 Å². The molecule has 0 aliphatic rings. The summed E-state index contributed by atoms with van der Waals surface area (Å²) >= 11 is 10.8. The van der Waals surface area contributed by atoms with Crippen molar-refractivity contribution in [3.05, 3.63) is 22.7 Å². The minimum absolute atomic E-state index is 0.0273. The summed E-state index contributed by atoms with van der Waals surface area (Å²) in [6.07, 6.45) is 0. The number of anilines is 1. The summed E-state index contributed by atoms with van der Waals surface area (Å²) in [7, 11) is -3.81. The molecule has 0 heterocycles. The Kier molecular flexibility index (Phi) is 5.00. The van der Waals surface area contributed by atoms with Gasteiger partial charge < -0.3 is 11.1 Å². The van der Waals surface area contributed by atoms with Gasteiger partial charge in [-0.1, -0.05) is 11.6 Å². The average molecular weight is 322 g/mol. The van der Waals surface area contributed by atoms with E-state index in [2.05, 4.69) is 10.0 Å². The average Bonchev–Trinajstić information content (AvgIpc) is 2.20. The third-order valence-corrected chi connectivity index (χ3v) is 4.39. The number of rotatable bonds is 3. The van der Waals surface area contributed by atoms with E-state index in [4.69, 9.17) is 29.6 Å². The quantitative estimate of drug-likeness (QED) is 0.584. The normalized spacial score (nSPS) is 11.4. The highest BCUT2D eigenvalue weighted by atomic mass is 35.5. The Morgan fingerprint density at radius 1 is 1.42 bits per heavy atom. The van der Waals surface area contributed by atoms with Crippen LogP contribution in [0.2, 0.25) is 5.02 Å². The number of halogens is 1. The molecule has 0 saturated heterocycles. The summed E-state index contributed by atoms with van der Waals surface area (Å²) in [5.41, 5.74) is 6.39. The third-order valence-electron chi connectivity index (χ3n) is 2.23. The molecule has 1 aromatic rings. The van der Waals surface area contributed by atoms with Gasteiger partial charge in [-0.2, -0.15) is 0 Å². The molecule has 0 atom stereocenters. The number of thiocarbonyl (C=S) groups is 1. The molecule has 0 radical (unpaired) electrons. The van der Waals surface area contributed by atoms with E-state index >= 15 is 0 Å². The molecule has 0 saturated carbocycles. The van der Waals surface area contributed by atoms with Gasteiger partial charge in [0.25, 0.3) is 10.0 Å². The molecule has 0 aliphatic heterocycles. The molecule has 106 valence electrons. The van der Waals surface area contributed by atoms with Gasteiger partial charge in [0.05, 0.1) is 5.69 Å². The number of benzene rings is 1. The molecule has 0 fully saturated rings. The van der Waals surface area contributed by atoms with E-state index in [0.717, 1.165) is 0 Å². The summed E-state index contributed by atoms with van der Waals surface area (Å²) in [6.45, 7) is 5.40. The summed E-state index contributed by atoms with van der Waals surface area (Å²) in [5.74, 6) is 0. The van der Waals surface area contributed by atoms with Crippen molar-refractivity contribution in [1.82, 2.24) is 10.0 Å². The van der Waals surface area contributed by atoms with Crippen LogP contribution in [0.4, 0.5) is 5.69 Å². The van der Waals surface area contributed by atoms with Gasteiger partial charge in [-0.25, -0.2) is 8.42 Å². The van der Waals surface area contributed by atoms with E-state index < -0.39 is 10.0 Å². The fraction of sp³-hybridized carbons (Fsp3) is 0.364. The molecule has 0 unspecified atom stereocenters. The van der Waals surface area contributed by atoms with Crippen molar-refractivity contribution in [3.8, 4) is 0 Å². The van der Waals surface area contributed by atoms with Crippen molar-refractivity contribution in [1.29, 1.82) is 0 Å². The lowest BCUT2D eigenvalue weighted by Crippen LogP contribution is -2.42. The van der Waals surface area contributed by atoms with Gasteiger partial charge in [0.15, 0.2) is 5.11 Å². The van der Waals surface area contributed by atoms with Crippen molar-refractivity contribution in [2.45, 2.75) is 31.7 Å². The first-order chi connectivity index (χ1) is 8.63. The second-order valence-electron chi connectivity index (χ2n) is 4.37. The Hall–Kier alpha value is -1.05. The fourth-order valence-corrected chi connectivity index (χ4v) is 3.22. The molecule has 1 rings (SSSR count). The molecular formula is C11H16ClN3O2S2. The molecule has 0 amide bonds. The van der Waals surface area contributed by atoms with Crippen LogP contribution >= 0.6 is 23.8 Å². The van der Waals surface area contributed by atoms with Crippen LogP contribution in [0.3, 0.4) is 0 Å². The van der Waals surface area contributed by atoms with Crippen molar-refractivity contribution in [2.24, 2.45) is 0 Å². The van der Waals surface area contributed by atoms with E-state index in [0.29, 0.717) is 10.6 Å². The number of hydrogen-bond donors (Lipinski definition) is 3. The van der Waals surface area contributed by atoms with E-state index in [1.54, 1.807) is 6.92 Å². The minimum Gasteiger partial charge on any atom is -0.398 e. The zero-order chi connectivity index (χ0) is 14.8. The first kappa shape index (κ1) is 16.0. The van der Waals surface area contributed by atoms with Crippen LogP contribution in [-0.2, 0) is 10.0 Å². The van der Waals surface area contributed by atoms with E-state index in [-0.39, 0.29) is 21.7 Å². The van der Waals surface area contributed by atoms with Crippen LogP contribution in [-0.4, -0.2) is 19.6 Å². The maximum absolute atomic E-state index is 12.1. The lowest BCUT2D eigenvalue weighted by Gasteiger charge is -2.15. The molecule has 0 spiro atoms. The molecular weight excluding hydrogens is 306 g/mol. The van der Waals surface area contributed by atoms with Gasteiger partial charge in [0.1, 0.15) is 4.90 Å². The van der Waals surface area contributed by atoms with Gasteiger partial charge in [0.2, 0.25) is 0 Å². The smallest absolute Gasteiger partial charge is 0.265 e. The zero-order valence-corrected chi connectivity index (χ0v) is 13.2. The first-order valence-electron chi connectivity index (χ1n) is 5.52. The number of sulfonamides is 1. The van der Waals surface area contributed by atoms with Crippen LogP contribution in [0.1, 0.15) is 19.4 Å². The van der Waals surface area contributed by atoms with Gasteiger partial charge in [-0.15, -0.1) is 0 Å². The number of nitrogens with two attached hydrogens (primary N) is 1. The minimum atomic E-state index is -3.81. The van der Waals surface area contributed by atoms with E-state index in [1.165, 1.54) is 12.1 Å². The molecule has 0 bridgehead atoms. The summed E-state index contributed by atoms with van der Waals surface area (Å²) in [4.78, 5) is -0.0395. The second kappa shape index (κ2) is 5.94. The molecule has 0 aromatic heterocycles. The third kappa shape index (κ3) is 4.22. The monoisotopic (exact) mass is 321 g/mol. The van der Waals surface area contributed by atoms with Gasteiger partial charge in [0, 0.05) is 11.1 Å². The van der Waals surface area contributed by atoms with E-state index in [9.17, 15) is 8.42 Å². The molecule has 1 aromatic carbocycles. The van der Waals surface area contributed by atoms with Crippen molar-refractivity contribution < 1.29 is 8.42 Å². The lowest BCUT2D eigenvalue weighted by atomic mass is 10.2. The number of aryl methyl sites for hydroxylation is 1. The number of hydrogen-bond acceptors (Lipinski definition) is 4. The number of nitrogen functional groups attached to an aromatic ring is 1. The SMILES string of the molecule is Cc1cc(S(=O)(=O)NC(=S)NC(C)C)c(N)cc1Cl. The van der Waals surface area contributed by atoms with Gasteiger partial charge in [-0.05, 0) is 50.7 Å². The first-order valence-corrected chi connectivity index (χ1v) is 7.79. The Labute approximate surface area is 123 Å². The largest absolute Gasteiger partial charge is 0.398 e. The Bertz CT molecular complexity index is 600.